The second-order valence-corrected chi connectivity index (χ2v) is 4.26. The minimum Gasteiger partial charge on any atom is -0.399 e. The van der Waals surface area contributed by atoms with E-state index >= 15 is 0 Å². The number of hydrogen-bond donors (Lipinski definition) is 1. The second-order valence-electron chi connectivity index (χ2n) is 4.26. The largest absolute Gasteiger partial charge is 0.399 e. The summed E-state index contributed by atoms with van der Waals surface area (Å²) in [5.41, 5.74) is 9.53. The van der Waals surface area contributed by atoms with Crippen molar-refractivity contribution >= 4 is 16.6 Å². The summed E-state index contributed by atoms with van der Waals surface area (Å²) in [6, 6.07) is 15.8. The number of aromatic nitrogens is 2. The molecule has 2 N–H and O–H groups in total. The van der Waals surface area contributed by atoms with Gasteiger partial charge in [-0.25, -0.2) is 9.97 Å². The first-order valence-corrected chi connectivity index (χ1v) is 5.83. The third-order valence-electron chi connectivity index (χ3n) is 2.88. The number of benzene rings is 2. The van der Waals surface area contributed by atoms with E-state index < -0.39 is 0 Å². The third-order valence-corrected chi connectivity index (χ3v) is 2.88. The van der Waals surface area contributed by atoms with Gasteiger partial charge in [0.15, 0.2) is 0 Å². The Labute approximate surface area is 105 Å². The van der Waals surface area contributed by atoms with Gasteiger partial charge in [-0.2, -0.15) is 0 Å². The van der Waals surface area contributed by atoms with E-state index in [2.05, 4.69) is 9.97 Å². The number of hydrogen-bond acceptors (Lipinski definition) is 3. The van der Waals surface area contributed by atoms with Crippen molar-refractivity contribution in [3.63, 3.8) is 0 Å². The van der Waals surface area contributed by atoms with Crippen LogP contribution in [-0.2, 0) is 0 Å². The summed E-state index contributed by atoms with van der Waals surface area (Å²) in [5, 5.41) is 0.992. The summed E-state index contributed by atoms with van der Waals surface area (Å²) in [5.74, 6) is 0.770. The molecule has 0 saturated carbocycles. The molecule has 0 aliphatic heterocycles. The lowest BCUT2D eigenvalue weighted by atomic mass is 10.1. The first-order valence-electron chi connectivity index (χ1n) is 5.83. The molecule has 0 radical (unpaired) electrons. The summed E-state index contributed by atoms with van der Waals surface area (Å²) < 4.78 is 0. The molecule has 3 nitrogen and oxygen atoms in total. The van der Waals surface area contributed by atoms with Gasteiger partial charge in [-0.3, -0.25) is 0 Å². The Balaban J connectivity index is 2.37. The number of rotatable bonds is 1. The summed E-state index contributed by atoms with van der Waals surface area (Å²) in [6.45, 7) is 1.90. The number of fused-ring (bicyclic) bond motifs is 1. The lowest BCUT2D eigenvalue weighted by molar-refractivity contribution is 1.10. The lowest BCUT2D eigenvalue weighted by Gasteiger charge is -2.07. The van der Waals surface area contributed by atoms with E-state index in [9.17, 15) is 0 Å². The Kier molecular flexibility index (Phi) is 2.45. The Hall–Kier alpha value is -2.42. The number of nitrogens with two attached hydrogens (primary N) is 1. The van der Waals surface area contributed by atoms with Crippen molar-refractivity contribution in [1.29, 1.82) is 0 Å². The maximum atomic E-state index is 5.85. The SMILES string of the molecule is Cc1nc(-c2ccccc2)c2cc(N)ccc2n1. The minimum atomic E-state index is 0.729. The van der Waals surface area contributed by atoms with Crippen LogP contribution < -0.4 is 5.73 Å². The Morgan fingerprint density at radius 2 is 1.72 bits per heavy atom. The van der Waals surface area contributed by atoms with Crippen LogP contribution in [0.25, 0.3) is 22.2 Å². The molecule has 1 aromatic heterocycles. The summed E-state index contributed by atoms with van der Waals surface area (Å²) >= 11 is 0. The predicted molar refractivity (Wildman–Crippen MR) is 74.1 cm³/mol. The fourth-order valence-corrected chi connectivity index (χ4v) is 2.08. The van der Waals surface area contributed by atoms with Crippen LogP contribution in [0.2, 0.25) is 0 Å². The highest BCUT2D eigenvalue weighted by atomic mass is 14.9. The Bertz CT molecular complexity index is 706. The van der Waals surface area contributed by atoms with Crippen molar-refractivity contribution in [2.75, 3.05) is 5.73 Å². The van der Waals surface area contributed by atoms with Crippen molar-refractivity contribution in [2.24, 2.45) is 0 Å². The molecule has 3 heteroatoms. The Morgan fingerprint density at radius 3 is 2.50 bits per heavy atom. The molecule has 3 rings (SSSR count). The molecular weight excluding hydrogens is 222 g/mol. The van der Waals surface area contributed by atoms with E-state index in [4.69, 9.17) is 5.73 Å². The average Bonchev–Trinajstić information content (AvgIpc) is 2.39. The standard InChI is InChI=1S/C15H13N3/c1-10-17-14-8-7-12(16)9-13(14)15(18-10)11-5-3-2-4-6-11/h2-9H,16H2,1H3. The van der Waals surface area contributed by atoms with Crippen molar-refractivity contribution in [3.8, 4) is 11.3 Å². The second kappa shape index (κ2) is 4.11. The molecular formula is C15H13N3. The van der Waals surface area contributed by atoms with Crippen LogP contribution >= 0.6 is 0 Å². The molecule has 1 heterocycles. The summed E-state index contributed by atoms with van der Waals surface area (Å²) in [4.78, 5) is 8.98. The number of aryl methyl sites for hydroxylation is 1. The van der Waals surface area contributed by atoms with Crippen molar-refractivity contribution in [1.82, 2.24) is 9.97 Å². The highest BCUT2D eigenvalue weighted by Crippen LogP contribution is 2.27. The van der Waals surface area contributed by atoms with E-state index in [1.807, 2.05) is 55.5 Å². The highest BCUT2D eigenvalue weighted by molar-refractivity contribution is 5.94. The molecule has 0 bridgehead atoms. The molecule has 0 aliphatic carbocycles. The zero-order valence-corrected chi connectivity index (χ0v) is 10.1. The molecule has 0 amide bonds. The fraction of sp³-hybridized carbons (Fsp3) is 0.0667. The van der Waals surface area contributed by atoms with Gasteiger partial charge in [0, 0.05) is 16.6 Å². The molecule has 18 heavy (non-hydrogen) atoms. The van der Waals surface area contributed by atoms with E-state index in [1.54, 1.807) is 0 Å². The van der Waals surface area contributed by atoms with Gasteiger partial charge in [0.2, 0.25) is 0 Å². The number of anilines is 1. The maximum absolute atomic E-state index is 5.85. The van der Waals surface area contributed by atoms with Gasteiger partial charge in [-0.1, -0.05) is 30.3 Å². The quantitative estimate of drug-likeness (QED) is 0.659. The van der Waals surface area contributed by atoms with Gasteiger partial charge >= 0.3 is 0 Å². The molecule has 0 atom stereocenters. The van der Waals surface area contributed by atoms with Crippen molar-refractivity contribution in [3.05, 3.63) is 54.4 Å². The van der Waals surface area contributed by atoms with Crippen LogP contribution in [0.15, 0.2) is 48.5 Å². The molecule has 0 spiro atoms. The van der Waals surface area contributed by atoms with Gasteiger partial charge in [-0.05, 0) is 25.1 Å². The molecule has 3 aromatic rings. The smallest absolute Gasteiger partial charge is 0.126 e. The molecule has 0 saturated heterocycles. The third kappa shape index (κ3) is 1.80. The first-order chi connectivity index (χ1) is 8.74. The summed E-state index contributed by atoms with van der Waals surface area (Å²) in [7, 11) is 0. The van der Waals surface area contributed by atoms with Gasteiger partial charge in [0.25, 0.3) is 0 Å². The van der Waals surface area contributed by atoms with E-state index in [0.29, 0.717) is 0 Å². The van der Waals surface area contributed by atoms with Gasteiger partial charge in [0.05, 0.1) is 11.2 Å². The number of nitrogens with zero attached hydrogens (tertiary/aromatic N) is 2. The van der Waals surface area contributed by atoms with Crippen LogP contribution in [0.5, 0.6) is 0 Å². The maximum Gasteiger partial charge on any atom is 0.126 e. The molecule has 0 aliphatic rings. The van der Waals surface area contributed by atoms with Crippen LogP contribution in [0.4, 0.5) is 5.69 Å². The van der Waals surface area contributed by atoms with Crippen LogP contribution in [-0.4, -0.2) is 9.97 Å². The fourth-order valence-electron chi connectivity index (χ4n) is 2.08. The topological polar surface area (TPSA) is 51.8 Å². The normalized spacial score (nSPS) is 10.7. The van der Waals surface area contributed by atoms with Crippen LogP contribution in [0, 0.1) is 6.92 Å². The average molecular weight is 235 g/mol. The predicted octanol–water partition coefficient (Wildman–Crippen LogP) is 3.19. The molecule has 0 unspecified atom stereocenters. The zero-order valence-electron chi connectivity index (χ0n) is 10.1. The highest BCUT2D eigenvalue weighted by Gasteiger charge is 2.07. The molecule has 0 fully saturated rings. The first kappa shape index (κ1) is 10.7. The van der Waals surface area contributed by atoms with Crippen molar-refractivity contribution < 1.29 is 0 Å². The van der Waals surface area contributed by atoms with Crippen LogP contribution in [0.3, 0.4) is 0 Å². The lowest BCUT2D eigenvalue weighted by Crippen LogP contribution is -1.95. The molecule has 2 aromatic carbocycles. The number of nitrogen functional groups attached to an aromatic ring is 1. The van der Waals surface area contributed by atoms with E-state index in [1.165, 1.54) is 0 Å². The monoisotopic (exact) mass is 235 g/mol. The van der Waals surface area contributed by atoms with Gasteiger partial charge in [-0.15, -0.1) is 0 Å². The van der Waals surface area contributed by atoms with Crippen molar-refractivity contribution in [2.45, 2.75) is 6.92 Å². The van der Waals surface area contributed by atoms with E-state index in [0.717, 1.165) is 33.7 Å². The Morgan fingerprint density at radius 1 is 0.944 bits per heavy atom. The van der Waals surface area contributed by atoms with E-state index in [-0.39, 0.29) is 0 Å². The van der Waals surface area contributed by atoms with Gasteiger partial charge in [0.1, 0.15) is 5.82 Å². The van der Waals surface area contributed by atoms with Crippen LogP contribution in [0.1, 0.15) is 5.82 Å². The minimum absolute atomic E-state index is 0.729. The molecule has 88 valence electrons. The van der Waals surface area contributed by atoms with Gasteiger partial charge < -0.3 is 5.73 Å². The zero-order chi connectivity index (χ0) is 12.5. The summed E-state index contributed by atoms with van der Waals surface area (Å²) in [6.07, 6.45) is 0.